The Labute approximate surface area is 141 Å². The fraction of sp³-hybridized carbons (Fsp3) is 0.944. The molecule has 2 N–H and O–H groups in total. The number of rotatable bonds is 1. The van der Waals surface area contributed by atoms with Crippen LogP contribution in [0.25, 0.3) is 0 Å². The topological polar surface area (TPSA) is 46.3 Å². The number of carbonyl (C=O) groups is 1. The van der Waals surface area contributed by atoms with Gasteiger partial charge in [0.15, 0.2) is 0 Å². The molecule has 0 aromatic heterocycles. The highest BCUT2D eigenvalue weighted by molar-refractivity contribution is 5.85. The fourth-order valence-electron chi connectivity index (χ4n) is 5.16. The number of nitrogens with zero attached hydrogens (tertiary/aromatic N) is 1. The van der Waals surface area contributed by atoms with Gasteiger partial charge >= 0.3 is 0 Å². The van der Waals surface area contributed by atoms with Crippen LogP contribution in [0.4, 0.5) is 0 Å². The van der Waals surface area contributed by atoms with Crippen LogP contribution in [0.5, 0.6) is 0 Å². The second-order valence-electron chi connectivity index (χ2n) is 8.75. The van der Waals surface area contributed by atoms with Crippen molar-refractivity contribution in [2.75, 3.05) is 6.54 Å². The molecule has 1 amide bonds. The lowest BCUT2D eigenvalue weighted by Gasteiger charge is -2.45. The summed E-state index contributed by atoms with van der Waals surface area (Å²) in [6.45, 7) is 7.79. The molecule has 1 heterocycles. The molecular formula is C18H33ClN2O. The minimum Gasteiger partial charge on any atom is -0.339 e. The van der Waals surface area contributed by atoms with E-state index in [1.54, 1.807) is 0 Å². The Hall–Kier alpha value is -0.280. The molecule has 3 fully saturated rings. The predicted octanol–water partition coefficient (Wildman–Crippen LogP) is 3.60. The summed E-state index contributed by atoms with van der Waals surface area (Å²) in [5.41, 5.74) is 6.57. The summed E-state index contributed by atoms with van der Waals surface area (Å²) in [6, 6.07) is 0.792. The molecule has 1 saturated heterocycles. The monoisotopic (exact) mass is 328 g/mol. The minimum absolute atomic E-state index is 0. The highest BCUT2D eigenvalue weighted by Crippen LogP contribution is 2.43. The average molecular weight is 329 g/mol. The van der Waals surface area contributed by atoms with E-state index in [1.165, 1.54) is 32.1 Å². The second kappa shape index (κ2) is 6.68. The van der Waals surface area contributed by atoms with Crippen LogP contribution in [0, 0.1) is 23.2 Å². The minimum atomic E-state index is 0. The van der Waals surface area contributed by atoms with E-state index in [-0.39, 0.29) is 23.7 Å². The summed E-state index contributed by atoms with van der Waals surface area (Å²) >= 11 is 0. The summed E-state index contributed by atoms with van der Waals surface area (Å²) < 4.78 is 0. The third-order valence-corrected chi connectivity index (χ3v) is 6.30. The fourth-order valence-corrected chi connectivity index (χ4v) is 5.16. The molecular weight excluding hydrogens is 296 g/mol. The Morgan fingerprint density at radius 2 is 1.64 bits per heavy atom. The van der Waals surface area contributed by atoms with Crippen LogP contribution < -0.4 is 5.73 Å². The zero-order valence-electron chi connectivity index (χ0n) is 14.4. The number of likely N-dealkylation sites (tertiary alicyclic amines) is 1. The van der Waals surface area contributed by atoms with Crippen LogP contribution in [0.3, 0.4) is 0 Å². The van der Waals surface area contributed by atoms with Crippen molar-refractivity contribution in [3.63, 3.8) is 0 Å². The Balaban J connectivity index is 0.00000176. The van der Waals surface area contributed by atoms with Gasteiger partial charge in [0, 0.05) is 24.5 Å². The lowest BCUT2D eigenvalue weighted by Crippen LogP contribution is -2.51. The molecule has 0 aromatic carbocycles. The molecule has 22 heavy (non-hydrogen) atoms. The highest BCUT2D eigenvalue weighted by Gasteiger charge is 2.44. The number of carbonyl (C=O) groups excluding carboxylic acids is 1. The van der Waals surface area contributed by atoms with Gasteiger partial charge in [-0.3, -0.25) is 4.79 Å². The summed E-state index contributed by atoms with van der Waals surface area (Å²) in [4.78, 5) is 15.3. The van der Waals surface area contributed by atoms with Gasteiger partial charge in [-0.15, -0.1) is 12.4 Å². The number of nitrogens with two attached hydrogens (primary N) is 1. The van der Waals surface area contributed by atoms with Crippen molar-refractivity contribution in [3.05, 3.63) is 0 Å². The van der Waals surface area contributed by atoms with E-state index in [4.69, 9.17) is 5.73 Å². The molecule has 0 spiro atoms. The van der Waals surface area contributed by atoms with Crippen molar-refractivity contribution in [1.29, 1.82) is 0 Å². The summed E-state index contributed by atoms with van der Waals surface area (Å²) in [5, 5.41) is 0. The first-order valence-electron chi connectivity index (χ1n) is 8.94. The highest BCUT2D eigenvalue weighted by atomic mass is 35.5. The van der Waals surface area contributed by atoms with E-state index < -0.39 is 0 Å². The first-order chi connectivity index (χ1) is 9.88. The largest absolute Gasteiger partial charge is 0.339 e. The maximum atomic E-state index is 13.1. The van der Waals surface area contributed by atoms with Crippen molar-refractivity contribution < 1.29 is 4.79 Å². The third-order valence-electron chi connectivity index (χ3n) is 6.30. The Bertz CT molecular complexity index is 392. The molecule has 128 valence electrons. The third kappa shape index (κ3) is 3.31. The van der Waals surface area contributed by atoms with Crippen LogP contribution in [0.2, 0.25) is 0 Å². The normalized spacial score (nSPS) is 38.5. The van der Waals surface area contributed by atoms with Gasteiger partial charge in [0.25, 0.3) is 0 Å². The Morgan fingerprint density at radius 3 is 2.18 bits per heavy atom. The van der Waals surface area contributed by atoms with Crippen LogP contribution in [-0.2, 0) is 4.79 Å². The van der Waals surface area contributed by atoms with Gasteiger partial charge in [0.1, 0.15) is 0 Å². The van der Waals surface area contributed by atoms with Crippen molar-refractivity contribution in [2.24, 2.45) is 28.9 Å². The quantitative estimate of drug-likeness (QED) is 0.799. The molecule has 4 heteroatoms. The number of fused-ring (bicyclic) bond motifs is 2. The van der Waals surface area contributed by atoms with Gasteiger partial charge in [0.2, 0.25) is 5.91 Å². The molecule has 2 aliphatic carbocycles. The van der Waals surface area contributed by atoms with Gasteiger partial charge in [-0.1, -0.05) is 27.2 Å². The predicted molar refractivity (Wildman–Crippen MR) is 93.0 cm³/mol. The zero-order valence-corrected chi connectivity index (χ0v) is 15.2. The second-order valence-corrected chi connectivity index (χ2v) is 8.75. The van der Waals surface area contributed by atoms with E-state index >= 15 is 0 Å². The first kappa shape index (κ1) is 18.1. The molecule has 0 aromatic rings. The number of amides is 1. The molecule has 2 bridgehead atoms. The van der Waals surface area contributed by atoms with Crippen molar-refractivity contribution in [2.45, 2.75) is 77.8 Å². The first-order valence-corrected chi connectivity index (χ1v) is 8.94. The van der Waals surface area contributed by atoms with E-state index in [2.05, 4.69) is 25.7 Å². The lowest BCUT2D eigenvalue weighted by atomic mass is 9.64. The van der Waals surface area contributed by atoms with E-state index in [1.807, 2.05) is 0 Å². The van der Waals surface area contributed by atoms with Gasteiger partial charge in [0.05, 0.1) is 0 Å². The number of hydrogen-bond acceptors (Lipinski definition) is 2. The number of halogens is 1. The SMILES string of the molecule is CC(C)(C)C1CCCN1C(=O)C1CC2CCCC(C1)C2N.Cl. The smallest absolute Gasteiger partial charge is 0.225 e. The van der Waals surface area contributed by atoms with Crippen LogP contribution in [0.1, 0.15) is 65.7 Å². The van der Waals surface area contributed by atoms with Crippen LogP contribution >= 0.6 is 12.4 Å². The van der Waals surface area contributed by atoms with Crippen molar-refractivity contribution in [3.8, 4) is 0 Å². The maximum Gasteiger partial charge on any atom is 0.225 e. The van der Waals surface area contributed by atoms with Crippen LogP contribution in [0.15, 0.2) is 0 Å². The molecule has 3 nitrogen and oxygen atoms in total. The van der Waals surface area contributed by atoms with Crippen molar-refractivity contribution >= 4 is 18.3 Å². The van der Waals surface area contributed by atoms with E-state index in [0.29, 0.717) is 29.8 Å². The molecule has 1 aliphatic heterocycles. The Morgan fingerprint density at radius 1 is 1.05 bits per heavy atom. The van der Waals surface area contributed by atoms with Crippen molar-refractivity contribution in [1.82, 2.24) is 4.90 Å². The van der Waals surface area contributed by atoms with Gasteiger partial charge in [-0.05, 0) is 55.8 Å². The maximum absolute atomic E-state index is 13.1. The molecule has 3 rings (SSSR count). The van der Waals surface area contributed by atoms with Crippen LogP contribution in [-0.4, -0.2) is 29.4 Å². The van der Waals surface area contributed by atoms with E-state index in [9.17, 15) is 4.79 Å². The van der Waals surface area contributed by atoms with Gasteiger partial charge in [-0.2, -0.15) is 0 Å². The van der Waals surface area contributed by atoms with Gasteiger partial charge in [-0.25, -0.2) is 0 Å². The average Bonchev–Trinajstić information content (AvgIpc) is 2.86. The van der Waals surface area contributed by atoms with Gasteiger partial charge < -0.3 is 10.6 Å². The summed E-state index contributed by atoms with van der Waals surface area (Å²) in [7, 11) is 0. The molecule has 0 radical (unpaired) electrons. The molecule has 3 unspecified atom stereocenters. The lowest BCUT2D eigenvalue weighted by molar-refractivity contribution is -0.141. The molecule has 3 atom stereocenters. The zero-order chi connectivity index (χ0) is 15.2. The standard InChI is InChI=1S/C18H32N2O.ClH/c1-18(2,3)15-8-5-9-20(15)17(21)14-10-12-6-4-7-13(11-14)16(12)19;/h12-16H,4-11,19H2,1-3H3;1H. The Kier molecular flexibility index (Phi) is 5.49. The molecule has 2 saturated carbocycles. The number of hydrogen-bond donors (Lipinski definition) is 1. The summed E-state index contributed by atoms with van der Waals surface area (Å²) in [5.74, 6) is 1.89. The van der Waals surface area contributed by atoms with E-state index in [0.717, 1.165) is 19.4 Å². The summed E-state index contributed by atoms with van der Waals surface area (Å²) in [6.07, 6.45) is 8.24. The molecule has 3 aliphatic rings.